The van der Waals surface area contributed by atoms with Gasteiger partial charge in [0.1, 0.15) is 0 Å². The molecule has 1 rings (SSSR count). The van der Waals surface area contributed by atoms with Crippen molar-refractivity contribution >= 4 is 0 Å². The van der Waals surface area contributed by atoms with Gasteiger partial charge in [0, 0.05) is 18.4 Å². The van der Waals surface area contributed by atoms with Gasteiger partial charge < -0.3 is 15.3 Å². The molecule has 2 N–H and O–H groups in total. The number of rotatable bonds is 2. The maximum absolute atomic E-state index is 8.55. The molecule has 0 atom stereocenters. The molecule has 0 aromatic carbocycles. The van der Waals surface area contributed by atoms with Gasteiger partial charge in [0.15, 0.2) is 0 Å². The Morgan fingerprint density at radius 2 is 2.67 bits per heavy atom. The number of hydrogen-bond donors (Lipinski definition) is 2. The monoisotopic (exact) mass is 128 g/mol. The van der Waals surface area contributed by atoms with Crippen molar-refractivity contribution in [3.05, 3.63) is 11.9 Å². The molecule has 0 saturated heterocycles. The Morgan fingerprint density at radius 1 is 1.89 bits per heavy atom. The van der Waals surface area contributed by atoms with Crippen molar-refractivity contribution in [1.82, 2.24) is 10.2 Å². The smallest absolute Gasteiger partial charge is 0.0870 e. The van der Waals surface area contributed by atoms with E-state index in [1.54, 1.807) is 0 Å². The van der Waals surface area contributed by atoms with Crippen molar-refractivity contribution in [2.24, 2.45) is 0 Å². The van der Waals surface area contributed by atoms with Crippen molar-refractivity contribution in [2.75, 3.05) is 19.8 Å². The van der Waals surface area contributed by atoms with Crippen LogP contribution in [0.3, 0.4) is 0 Å². The number of β-amino-alcohol motifs (C(OH)–C–C–N with tert-alkyl or cyclic N) is 1. The van der Waals surface area contributed by atoms with Crippen molar-refractivity contribution < 1.29 is 5.11 Å². The van der Waals surface area contributed by atoms with E-state index >= 15 is 0 Å². The molecule has 0 radical (unpaired) electrons. The minimum atomic E-state index is 0.229. The summed E-state index contributed by atoms with van der Waals surface area (Å²) in [6, 6.07) is 0. The first-order valence-electron chi connectivity index (χ1n) is 3.10. The van der Waals surface area contributed by atoms with Crippen LogP contribution in [0, 0.1) is 0 Å². The molecule has 52 valence electrons. The predicted octanol–water partition coefficient (Wildman–Crippen LogP) is -0.297. The Labute approximate surface area is 55.0 Å². The van der Waals surface area contributed by atoms with Crippen LogP contribution in [0.4, 0.5) is 0 Å². The second-order valence-corrected chi connectivity index (χ2v) is 2.14. The van der Waals surface area contributed by atoms with E-state index in [4.69, 9.17) is 5.11 Å². The van der Waals surface area contributed by atoms with Crippen LogP contribution in [-0.2, 0) is 0 Å². The largest absolute Gasteiger partial charge is 0.395 e. The lowest BCUT2D eigenvalue weighted by molar-refractivity contribution is 0.232. The number of nitrogens with zero attached hydrogens (tertiary/aromatic N) is 1. The van der Waals surface area contributed by atoms with Crippen LogP contribution in [-0.4, -0.2) is 29.8 Å². The second kappa shape index (κ2) is 2.73. The minimum absolute atomic E-state index is 0.229. The van der Waals surface area contributed by atoms with E-state index in [1.807, 2.05) is 13.1 Å². The molecule has 0 aliphatic carbocycles. The maximum Gasteiger partial charge on any atom is 0.0870 e. The molecule has 1 aliphatic rings. The third-order valence-corrected chi connectivity index (χ3v) is 1.46. The van der Waals surface area contributed by atoms with Gasteiger partial charge >= 0.3 is 0 Å². The van der Waals surface area contributed by atoms with E-state index in [-0.39, 0.29) is 6.61 Å². The first kappa shape index (κ1) is 6.42. The summed E-state index contributed by atoms with van der Waals surface area (Å²) >= 11 is 0. The zero-order valence-corrected chi connectivity index (χ0v) is 5.59. The first-order valence-corrected chi connectivity index (χ1v) is 3.10. The molecular formula is C6H12N2O. The quantitative estimate of drug-likeness (QED) is 0.536. The Morgan fingerprint density at radius 3 is 3.11 bits per heavy atom. The zero-order chi connectivity index (χ0) is 6.69. The number of nitrogens with one attached hydrogen (secondary N) is 1. The van der Waals surface area contributed by atoms with Crippen LogP contribution in [0.1, 0.15) is 6.92 Å². The van der Waals surface area contributed by atoms with E-state index in [0.29, 0.717) is 0 Å². The first-order chi connectivity index (χ1) is 4.34. The molecule has 9 heavy (non-hydrogen) atoms. The van der Waals surface area contributed by atoms with Crippen LogP contribution in [0.15, 0.2) is 11.9 Å². The van der Waals surface area contributed by atoms with E-state index in [9.17, 15) is 0 Å². The van der Waals surface area contributed by atoms with Gasteiger partial charge in [-0.05, 0) is 6.92 Å². The minimum Gasteiger partial charge on any atom is -0.395 e. The summed E-state index contributed by atoms with van der Waals surface area (Å²) in [5, 5.41) is 11.6. The SMILES string of the molecule is CC1=CNCN1CCO. The molecular weight excluding hydrogens is 116 g/mol. The molecule has 3 nitrogen and oxygen atoms in total. The highest BCUT2D eigenvalue weighted by atomic mass is 16.3. The third kappa shape index (κ3) is 1.36. The lowest BCUT2D eigenvalue weighted by atomic mass is 10.5. The van der Waals surface area contributed by atoms with E-state index in [2.05, 4.69) is 10.2 Å². The highest BCUT2D eigenvalue weighted by molar-refractivity contribution is 5.01. The molecule has 0 bridgehead atoms. The summed E-state index contributed by atoms with van der Waals surface area (Å²) in [7, 11) is 0. The highest BCUT2D eigenvalue weighted by Gasteiger charge is 2.07. The van der Waals surface area contributed by atoms with Crippen LogP contribution in [0.5, 0.6) is 0 Å². The number of aliphatic hydroxyl groups is 1. The third-order valence-electron chi connectivity index (χ3n) is 1.46. The number of allylic oxidation sites excluding steroid dienone is 1. The van der Waals surface area contributed by atoms with Crippen LogP contribution in [0.2, 0.25) is 0 Å². The molecule has 1 aliphatic heterocycles. The van der Waals surface area contributed by atoms with Crippen molar-refractivity contribution in [1.29, 1.82) is 0 Å². The molecule has 0 saturated carbocycles. The van der Waals surface area contributed by atoms with Gasteiger partial charge in [-0.3, -0.25) is 0 Å². The van der Waals surface area contributed by atoms with Crippen LogP contribution >= 0.6 is 0 Å². The Kier molecular flexibility index (Phi) is 1.95. The van der Waals surface area contributed by atoms with Gasteiger partial charge in [-0.1, -0.05) is 0 Å². The highest BCUT2D eigenvalue weighted by Crippen LogP contribution is 2.04. The summed E-state index contributed by atoms with van der Waals surface area (Å²) in [6.07, 6.45) is 1.95. The lowest BCUT2D eigenvalue weighted by Crippen LogP contribution is -2.25. The molecule has 3 heteroatoms. The van der Waals surface area contributed by atoms with Gasteiger partial charge in [-0.2, -0.15) is 0 Å². The van der Waals surface area contributed by atoms with Gasteiger partial charge in [0.2, 0.25) is 0 Å². The molecule has 1 heterocycles. The van der Waals surface area contributed by atoms with Crippen LogP contribution in [0.25, 0.3) is 0 Å². The summed E-state index contributed by atoms with van der Waals surface area (Å²) < 4.78 is 0. The molecule has 0 amide bonds. The summed E-state index contributed by atoms with van der Waals surface area (Å²) in [4.78, 5) is 2.08. The van der Waals surface area contributed by atoms with Crippen LogP contribution < -0.4 is 5.32 Å². The van der Waals surface area contributed by atoms with Gasteiger partial charge in [0.25, 0.3) is 0 Å². The predicted molar refractivity (Wildman–Crippen MR) is 35.6 cm³/mol. The fourth-order valence-corrected chi connectivity index (χ4v) is 0.896. The Hall–Kier alpha value is -0.700. The Bertz CT molecular complexity index is 122. The fourth-order valence-electron chi connectivity index (χ4n) is 0.896. The van der Waals surface area contributed by atoms with E-state index in [0.717, 1.165) is 13.2 Å². The molecule has 0 spiro atoms. The number of hydrogen-bond acceptors (Lipinski definition) is 3. The number of aliphatic hydroxyl groups excluding tert-OH is 1. The van der Waals surface area contributed by atoms with Crippen molar-refractivity contribution in [3.63, 3.8) is 0 Å². The van der Waals surface area contributed by atoms with Crippen molar-refractivity contribution in [3.8, 4) is 0 Å². The van der Waals surface area contributed by atoms with E-state index < -0.39 is 0 Å². The summed E-state index contributed by atoms with van der Waals surface area (Å²) in [5.74, 6) is 0. The summed E-state index contributed by atoms with van der Waals surface area (Å²) in [5.41, 5.74) is 1.20. The lowest BCUT2D eigenvalue weighted by Gasteiger charge is -2.16. The van der Waals surface area contributed by atoms with Crippen molar-refractivity contribution in [2.45, 2.75) is 6.92 Å². The van der Waals surface area contributed by atoms with E-state index in [1.165, 1.54) is 5.70 Å². The normalized spacial score (nSPS) is 17.6. The second-order valence-electron chi connectivity index (χ2n) is 2.14. The van der Waals surface area contributed by atoms with Gasteiger partial charge in [-0.25, -0.2) is 0 Å². The zero-order valence-electron chi connectivity index (χ0n) is 5.59. The topological polar surface area (TPSA) is 35.5 Å². The molecule has 0 aromatic heterocycles. The van der Waals surface area contributed by atoms with Gasteiger partial charge in [0.05, 0.1) is 13.3 Å². The fraction of sp³-hybridized carbons (Fsp3) is 0.667. The maximum atomic E-state index is 8.55. The Balaban J connectivity index is 2.34. The molecule has 0 unspecified atom stereocenters. The average molecular weight is 128 g/mol. The molecule has 0 aromatic rings. The standard InChI is InChI=1S/C6H12N2O/c1-6-4-7-5-8(6)2-3-9/h4,7,9H,2-3,5H2,1H3. The summed E-state index contributed by atoms with van der Waals surface area (Å²) in [6.45, 7) is 3.82. The van der Waals surface area contributed by atoms with Gasteiger partial charge in [-0.15, -0.1) is 0 Å². The molecule has 0 fully saturated rings. The average Bonchev–Trinajstić information content (AvgIpc) is 2.18.